The molecule has 160 valence electrons. The Morgan fingerprint density at radius 3 is 2.68 bits per heavy atom. The zero-order valence-corrected chi connectivity index (χ0v) is 17.3. The molecule has 2 amide bonds. The van der Waals surface area contributed by atoms with Crippen LogP contribution in [0.4, 0.5) is 4.39 Å². The van der Waals surface area contributed by atoms with Crippen LogP contribution in [-0.2, 0) is 27.4 Å². The Balaban J connectivity index is 1.37. The van der Waals surface area contributed by atoms with Gasteiger partial charge in [-0.3, -0.25) is 14.6 Å². The summed E-state index contributed by atoms with van der Waals surface area (Å²) in [4.78, 5) is 34.5. The van der Waals surface area contributed by atoms with E-state index in [1.807, 2.05) is 31.2 Å². The highest BCUT2D eigenvalue weighted by Gasteiger charge is 2.67. The molecule has 0 radical (unpaired) electrons. The Bertz CT molecular complexity index is 1030. The summed E-state index contributed by atoms with van der Waals surface area (Å²) in [7, 11) is 0. The maximum absolute atomic E-state index is 13.5. The van der Waals surface area contributed by atoms with E-state index in [1.54, 1.807) is 34.3 Å². The summed E-state index contributed by atoms with van der Waals surface area (Å²) in [6, 6.07) is 9.92. The monoisotopic (exact) mass is 421 g/mol. The largest absolute Gasteiger partial charge is 0.360 e. The van der Waals surface area contributed by atoms with Crippen molar-refractivity contribution < 1.29 is 18.7 Å². The highest BCUT2D eigenvalue weighted by atomic mass is 19.1. The number of nitrogens with zero attached hydrogens (tertiary/aromatic N) is 3. The standard InChI is InChI=1S/C24H24FN3O3/c1-2-27(13-17-8-11-26-12-9-17)22(29)20-19-7-10-24(31-19)15-28(23(30)21(20)24)14-16-3-5-18(25)6-4-16/h3-12,19-21H,2,13-15H2,1H3/t19-,20+,21-,24-/m0/s1. The summed E-state index contributed by atoms with van der Waals surface area (Å²) < 4.78 is 19.5. The van der Waals surface area contributed by atoms with Gasteiger partial charge in [0.2, 0.25) is 11.8 Å². The van der Waals surface area contributed by atoms with Gasteiger partial charge in [0.25, 0.3) is 0 Å². The first-order chi connectivity index (χ1) is 15.0. The third-order valence-corrected chi connectivity index (χ3v) is 6.57. The minimum atomic E-state index is -0.752. The minimum Gasteiger partial charge on any atom is -0.360 e. The molecular formula is C24H24FN3O3. The molecular weight excluding hydrogens is 397 g/mol. The van der Waals surface area contributed by atoms with Gasteiger partial charge >= 0.3 is 0 Å². The fourth-order valence-corrected chi connectivity index (χ4v) is 5.07. The Labute approximate surface area is 180 Å². The van der Waals surface area contributed by atoms with Crippen LogP contribution in [0, 0.1) is 17.7 Å². The summed E-state index contributed by atoms with van der Waals surface area (Å²) >= 11 is 0. The van der Waals surface area contributed by atoms with Gasteiger partial charge in [-0.1, -0.05) is 24.3 Å². The number of likely N-dealkylation sites (tertiary alicyclic amines) is 1. The topological polar surface area (TPSA) is 62.7 Å². The van der Waals surface area contributed by atoms with Crippen LogP contribution in [0.5, 0.6) is 0 Å². The predicted molar refractivity (Wildman–Crippen MR) is 111 cm³/mol. The van der Waals surface area contributed by atoms with Gasteiger partial charge in [-0.2, -0.15) is 0 Å². The van der Waals surface area contributed by atoms with E-state index in [4.69, 9.17) is 4.74 Å². The minimum absolute atomic E-state index is 0.0579. The molecule has 3 aliphatic rings. The Hall–Kier alpha value is -3.06. The van der Waals surface area contributed by atoms with Gasteiger partial charge in [0.05, 0.1) is 24.5 Å². The van der Waals surface area contributed by atoms with Crippen LogP contribution in [-0.4, -0.2) is 51.4 Å². The zero-order chi connectivity index (χ0) is 21.6. The number of carbonyl (C=O) groups is 2. The maximum Gasteiger partial charge on any atom is 0.230 e. The number of ether oxygens (including phenoxy) is 1. The number of benzene rings is 1. The fourth-order valence-electron chi connectivity index (χ4n) is 5.07. The first-order valence-electron chi connectivity index (χ1n) is 10.6. The lowest BCUT2D eigenvalue weighted by Crippen LogP contribution is -2.45. The second kappa shape index (κ2) is 7.57. The lowest BCUT2D eigenvalue weighted by molar-refractivity contribution is -0.143. The Morgan fingerprint density at radius 1 is 1.23 bits per heavy atom. The van der Waals surface area contributed by atoms with E-state index in [0.717, 1.165) is 11.1 Å². The van der Waals surface area contributed by atoms with Crippen LogP contribution in [0.25, 0.3) is 0 Å². The van der Waals surface area contributed by atoms with Crippen molar-refractivity contribution in [1.29, 1.82) is 0 Å². The van der Waals surface area contributed by atoms with E-state index in [0.29, 0.717) is 26.2 Å². The second-order valence-corrected chi connectivity index (χ2v) is 8.43. The normalized spacial score (nSPS) is 28.3. The van der Waals surface area contributed by atoms with Gasteiger partial charge in [0.1, 0.15) is 11.4 Å². The van der Waals surface area contributed by atoms with Crippen molar-refractivity contribution in [3.05, 3.63) is 77.9 Å². The summed E-state index contributed by atoms with van der Waals surface area (Å²) in [5.74, 6) is -1.50. The highest BCUT2D eigenvalue weighted by Crippen LogP contribution is 2.52. The summed E-state index contributed by atoms with van der Waals surface area (Å²) in [5, 5.41) is 0. The number of amides is 2. The third kappa shape index (κ3) is 3.33. The molecule has 5 rings (SSSR count). The molecule has 0 N–H and O–H groups in total. The SMILES string of the molecule is CCN(Cc1ccncc1)C(=O)[C@@H]1[C@@H]2C=C[C@@]3(CN(Cc4ccc(F)cc4)C(=O)[C@H]13)O2. The van der Waals surface area contributed by atoms with E-state index in [2.05, 4.69) is 4.98 Å². The van der Waals surface area contributed by atoms with Crippen molar-refractivity contribution in [1.82, 2.24) is 14.8 Å². The van der Waals surface area contributed by atoms with E-state index < -0.39 is 17.4 Å². The predicted octanol–water partition coefficient (Wildman–Crippen LogP) is 2.55. The number of hydrogen-bond donors (Lipinski definition) is 0. The van der Waals surface area contributed by atoms with E-state index >= 15 is 0 Å². The number of hydrogen-bond acceptors (Lipinski definition) is 4. The molecule has 2 saturated heterocycles. The van der Waals surface area contributed by atoms with E-state index in [1.165, 1.54) is 12.1 Å². The average Bonchev–Trinajstić information content (AvgIpc) is 3.42. The van der Waals surface area contributed by atoms with Gasteiger partial charge in [-0.25, -0.2) is 4.39 Å². The molecule has 1 aromatic heterocycles. The first-order valence-corrected chi connectivity index (χ1v) is 10.6. The third-order valence-electron chi connectivity index (χ3n) is 6.57. The molecule has 7 heteroatoms. The van der Waals surface area contributed by atoms with Crippen LogP contribution < -0.4 is 0 Å². The number of pyridine rings is 1. The molecule has 31 heavy (non-hydrogen) atoms. The Morgan fingerprint density at radius 2 is 1.97 bits per heavy atom. The van der Waals surface area contributed by atoms with Crippen molar-refractivity contribution >= 4 is 11.8 Å². The van der Waals surface area contributed by atoms with Crippen LogP contribution in [0.15, 0.2) is 60.9 Å². The van der Waals surface area contributed by atoms with Crippen molar-refractivity contribution in [2.75, 3.05) is 13.1 Å². The number of aromatic nitrogens is 1. The van der Waals surface area contributed by atoms with E-state index in [-0.39, 0.29) is 23.7 Å². The molecule has 4 heterocycles. The lowest BCUT2D eigenvalue weighted by Gasteiger charge is -2.29. The van der Waals surface area contributed by atoms with Gasteiger partial charge in [0, 0.05) is 32.0 Å². The van der Waals surface area contributed by atoms with Gasteiger partial charge in [-0.15, -0.1) is 0 Å². The van der Waals surface area contributed by atoms with Crippen LogP contribution in [0.2, 0.25) is 0 Å². The summed E-state index contributed by atoms with van der Waals surface area (Å²) in [6.45, 7) is 3.73. The molecule has 4 atom stereocenters. The van der Waals surface area contributed by atoms with Crippen molar-refractivity contribution in [2.45, 2.75) is 31.7 Å². The maximum atomic E-state index is 13.5. The van der Waals surface area contributed by atoms with E-state index in [9.17, 15) is 14.0 Å². The molecule has 3 aliphatic heterocycles. The number of carbonyl (C=O) groups excluding carboxylic acids is 2. The lowest BCUT2D eigenvalue weighted by atomic mass is 9.76. The second-order valence-electron chi connectivity index (χ2n) is 8.43. The van der Waals surface area contributed by atoms with Gasteiger partial charge in [-0.05, 0) is 42.3 Å². The summed E-state index contributed by atoms with van der Waals surface area (Å²) in [6.07, 6.45) is 6.92. The van der Waals surface area contributed by atoms with Gasteiger partial charge < -0.3 is 14.5 Å². The van der Waals surface area contributed by atoms with Gasteiger partial charge in [0.15, 0.2) is 0 Å². The zero-order valence-electron chi connectivity index (χ0n) is 17.3. The molecule has 2 aromatic rings. The highest BCUT2D eigenvalue weighted by molar-refractivity contribution is 5.93. The quantitative estimate of drug-likeness (QED) is 0.673. The molecule has 0 saturated carbocycles. The molecule has 0 aliphatic carbocycles. The molecule has 1 aromatic carbocycles. The molecule has 0 unspecified atom stereocenters. The average molecular weight is 421 g/mol. The van der Waals surface area contributed by atoms with Crippen molar-refractivity contribution in [3.8, 4) is 0 Å². The Kier molecular flexibility index (Phi) is 4.85. The first kappa shape index (κ1) is 19.9. The molecule has 2 fully saturated rings. The molecule has 1 spiro atoms. The van der Waals surface area contributed by atoms with Crippen LogP contribution in [0.1, 0.15) is 18.1 Å². The van der Waals surface area contributed by atoms with Crippen molar-refractivity contribution in [2.24, 2.45) is 11.8 Å². The summed E-state index contributed by atoms with van der Waals surface area (Å²) in [5.41, 5.74) is 1.09. The number of rotatable bonds is 6. The molecule has 6 nitrogen and oxygen atoms in total. The number of halogens is 1. The number of fused-ring (bicyclic) bond motifs is 1. The molecule has 2 bridgehead atoms. The van der Waals surface area contributed by atoms with Crippen LogP contribution in [0.3, 0.4) is 0 Å². The van der Waals surface area contributed by atoms with Crippen molar-refractivity contribution in [3.63, 3.8) is 0 Å². The smallest absolute Gasteiger partial charge is 0.230 e. The fraction of sp³-hybridized carbons (Fsp3) is 0.375. The van der Waals surface area contributed by atoms with Crippen LogP contribution >= 0.6 is 0 Å².